The SMILES string of the molecule is O=C(CC[C@H]1CCCO1)N[C@]1(C(=O)O)CCSC1. The van der Waals surface area contributed by atoms with Crippen molar-refractivity contribution in [2.24, 2.45) is 0 Å². The molecule has 2 rings (SSSR count). The van der Waals surface area contributed by atoms with Gasteiger partial charge in [-0.1, -0.05) is 0 Å². The quantitative estimate of drug-likeness (QED) is 0.782. The second kappa shape index (κ2) is 5.93. The van der Waals surface area contributed by atoms with E-state index in [1.807, 2.05) is 0 Å². The summed E-state index contributed by atoms with van der Waals surface area (Å²) in [6.07, 6.45) is 3.79. The normalized spacial score (nSPS) is 31.4. The average molecular weight is 273 g/mol. The maximum atomic E-state index is 11.8. The number of amides is 1. The van der Waals surface area contributed by atoms with Gasteiger partial charge in [-0.3, -0.25) is 4.79 Å². The van der Waals surface area contributed by atoms with Crippen molar-refractivity contribution >= 4 is 23.6 Å². The van der Waals surface area contributed by atoms with Crippen molar-refractivity contribution in [2.45, 2.75) is 43.7 Å². The van der Waals surface area contributed by atoms with Crippen molar-refractivity contribution in [1.29, 1.82) is 0 Å². The smallest absolute Gasteiger partial charge is 0.330 e. The number of carbonyl (C=O) groups excluding carboxylic acids is 1. The van der Waals surface area contributed by atoms with Crippen LogP contribution in [0.4, 0.5) is 0 Å². The Kier molecular flexibility index (Phi) is 4.50. The first-order valence-electron chi connectivity index (χ1n) is 6.36. The van der Waals surface area contributed by atoms with Crippen molar-refractivity contribution in [2.75, 3.05) is 18.1 Å². The van der Waals surface area contributed by atoms with Crippen LogP contribution < -0.4 is 5.32 Å². The van der Waals surface area contributed by atoms with Crippen LogP contribution in [0.5, 0.6) is 0 Å². The van der Waals surface area contributed by atoms with Gasteiger partial charge < -0.3 is 15.2 Å². The number of ether oxygens (including phenoxy) is 1. The standard InChI is InChI=1S/C12H19NO4S/c14-10(4-3-9-2-1-6-17-9)13-12(11(15)16)5-7-18-8-12/h9H,1-8H2,(H,13,14)(H,15,16)/t9-,12-/m1/s1. The number of aliphatic carboxylic acids is 1. The van der Waals surface area contributed by atoms with E-state index in [2.05, 4.69) is 5.32 Å². The molecule has 0 saturated carbocycles. The lowest BCUT2D eigenvalue weighted by molar-refractivity contribution is -0.146. The largest absolute Gasteiger partial charge is 0.479 e. The molecule has 0 aromatic rings. The summed E-state index contributed by atoms with van der Waals surface area (Å²) in [5, 5.41) is 11.9. The number of carboxylic acids is 1. The first-order valence-corrected chi connectivity index (χ1v) is 7.52. The topological polar surface area (TPSA) is 75.6 Å². The van der Waals surface area contributed by atoms with E-state index in [-0.39, 0.29) is 12.0 Å². The predicted molar refractivity (Wildman–Crippen MR) is 68.7 cm³/mol. The Bertz CT molecular complexity index is 322. The second-order valence-corrected chi connectivity index (χ2v) is 6.02. The Labute approximate surface area is 111 Å². The minimum atomic E-state index is -1.04. The fourth-order valence-electron chi connectivity index (χ4n) is 2.38. The molecule has 0 spiro atoms. The van der Waals surface area contributed by atoms with E-state index in [0.29, 0.717) is 25.0 Å². The first kappa shape index (κ1) is 13.7. The van der Waals surface area contributed by atoms with Crippen LogP contribution in [0.1, 0.15) is 32.1 Å². The van der Waals surface area contributed by atoms with Crippen LogP contribution in [0, 0.1) is 0 Å². The number of carboxylic acid groups (broad SMARTS) is 1. The number of nitrogens with one attached hydrogen (secondary N) is 1. The van der Waals surface area contributed by atoms with Gasteiger partial charge in [-0.25, -0.2) is 4.79 Å². The number of hydrogen-bond acceptors (Lipinski definition) is 4. The van der Waals surface area contributed by atoms with Gasteiger partial charge in [0.25, 0.3) is 0 Å². The van der Waals surface area contributed by atoms with Crippen LogP contribution >= 0.6 is 11.8 Å². The van der Waals surface area contributed by atoms with E-state index in [4.69, 9.17) is 4.74 Å². The highest BCUT2D eigenvalue weighted by molar-refractivity contribution is 7.99. The Morgan fingerprint density at radius 1 is 1.50 bits per heavy atom. The summed E-state index contributed by atoms with van der Waals surface area (Å²) in [6.45, 7) is 0.780. The summed E-state index contributed by atoms with van der Waals surface area (Å²) in [5.41, 5.74) is -1.04. The molecule has 2 heterocycles. The van der Waals surface area contributed by atoms with E-state index in [1.165, 1.54) is 0 Å². The van der Waals surface area contributed by atoms with E-state index >= 15 is 0 Å². The molecule has 0 radical (unpaired) electrons. The van der Waals surface area contributed by atoms with Gasteiger partial charge in [-0.2, -0.15) is 11.8 Å². The number of rotatable bonds is 5. The molecule has 5 nitrogen and oxygen atoms in total. The van der Waals surface area contributed by atoms with Gasteiger partial charge in [0.1, 0.15) is 5.54 Å². The molecule has 0 aromatic carbocycles. The zero-order valence-electron chi connectivity index (χ0n) is 10.3. The zero-order valence-corrected chi connectivity index (χ0v) is 11.1. The summed E-state index contributed by atoms with van der Waals surface area (Å²) in [5.74, 6) is 0.167. The zero-order chi connectivity index (χ0) is 13.0. The Balaban J connectivity index is 1.80. The molecule has 2 N–H and O–H groups in total. The maximum Gasteiger partial charge on any atom is 0.330 e. The third-order valence-electron chi connectivity index (χ3n) is 3.53. The van der Waals surface area contributed by atoms with Crippen molar-refractivity contribution < 1.29 is 19.4 Å². The van der Waals surface area contributed by atoms with Crippen LogP contribution in [-0.4, -0.2) is 46.7 Å². The lowest BCUT2D eigenvalue weighted by Crippen LogP contribution is -2.54. The molecule has 0 aliphatic carbocycles. The summed E-state index contributed by atoms with van der Waals surface area (Å²) < 4.78 is 5.45. The molecule has 18 heavy (non-hydrogen) atoms. The van der Waals surface area contributed by atoms with Crippen molar-refractivity contribution in [1.82, 2.24) is 5.32 Å². The summed E-state index contributed by atoms with van der Waals surface area (Å²) in [6, 6.07) is 0. The lowest BCUT2D eigenvalue weighted by Gasteiger charge is -2.24. The summed E-state index contributed by atoms with van der Waals surface area (Å²) in [7, 11) is 0. The molecule has 102 valence electrons. The molecule has 1 amide bonds. The van der Waals surface area contributed by atoms with Crippen LogP contribution in [0.2, 0.25) is 0 Å². The van der Waals surface area contributed by atoms with Gasteiger partial charge in [0.15, 0.2) is 0 Å². The van der Waals surface area contributed by atoms with E-state index < -0.39 is 11.5 Å². The molecule has 2 saturated heterocycles. The van der Waals surface area contributed by atoms with Crippen LogP contribution in [0.25, 0.3) is 0 Å². The molecule has 2 atom stereocenters. The van der Waals surface area contributed by atoms with Gasteiger partial charge in [-0.15, -0.1) is 0 Å². The minimum Gasteiger partial charge on any atom is -0.479 e. The van der Waals surface area contributed by atoms with Crippen LogP contribution in [-0.2, 0) is 14.3 Å². The predicted octanol–water partition coefficient (Wildman–Crippen LogP) is 1.02. The van der Waals surface area contributed by atoms with Crippen molar-refractivity contribution in [3.63, 3.8) is 0 Å². The van der Waals surface area contributed by atoms with Gasteiger partial charge in [-0.05, 0) is 31.4 Å². The molecule has 2 aliphatic rings. The summed E-state index contributed by atoms with van der Waals surface area (Å²) in [4.78, 5) is 23.1. The number of hydrogen-bond donors (Lipinski definition) is 2. The highest BCUT2D eigenvalue weighted by Crippen LogP contribution is 2.28. The third-order valence-corrected chi connectivity index (χ3v) is 4.72. The molecule has 0 aromatic heterocycles. The maximum absolute atomic E-state index is 11.8. The van der Waals surface area contributed by atoms with E-state index in [1.54, 1.807) is 11.8 Å². The molecule has 0 bridgehead atoms. The lowest BCUT2D eigenvalue weighted by atomic mass is 9.98. The van der Waals surface area contributed by atoms with Gasteiger partial charge >= 0.3 is 5.97 Å². The average Bonchev–Trinajstić information content (AvgIpc) is 2.97. The molecular weight excluding hydrogens is 254 g/mol. The van der Waals surface area contributed by atoms with Crippen molar-refractivity contribution in [3.05, 3.63) is 0 Å². The number of thioether (sulfide) groups is 1. The first-order chi connectivity index (χ1) is 8.62. The van der Waals surface area contributed by atoms with Crippen LogP contribution in [0.15, 0.2) is 0 Å². The van der Waals surface area contributed by atoms with Crippen LogP contribution in [0.3, 0.4) is 0 Å². The Morgan fingerprint density at radius 2 is 2.33 bits per heavy atom. The minimum absolute atomic E-state index is 0.171. The van der Waals surface area contributed by atoms with E-state index in [0.717, 1.165) is 25.2 Å². The fourth-order valence-corrected chi connectivity index (χ4v) is 3.70. The van der Waals surface area contributed by atoms with E-state index in [9.17, 15) is 14.7 Å². The van der Waals surface area contributed by atoms with Crippen molar-refractivity contribution in [3.8, 4) is 0 Å². The molecule has 2 aliphatic heterocycles. The summed E-state index contributed by atoms with van der Waals surface area (Å²) >= 11 is 1.57. The molecule has 2 fully saturated rings. The Hall–Kier alpha value is -0.750. The third kappa shape index (κ3) is 3.17. The Morgan fingerprint density at radius 3 is 2.89 bits per heavy atom. The van der Waals surface area contributed by atoms with Gasteiger partial charge in [0.2, 0.25) is 5.91 Å². The molecular formula is C12H19NO4S. The fraction of sp³-hybridized carbons (Fsp3) is 0.833. The number of carbonyl (C=O) groups is 2. The second-order valence-electron chi connectivity index (χ2n) is 4.91. The highest BCUT2D eigenvalue weighted by atomic mass is 32.2. The molecule has 6 heteroatoms. The highest BCUT2D eigenvalue weighted by Gasteiger charge is 2.43. The monoisotopic (exact) mass is 273 g/mol. The van der Waals surface area contributed by atoms with Gasteiger partial charge in [0, 0.05) is 18.8 Å². The van der Waals surface area contributed by atoms with Gasteiger partial charge in [0.05, 0.1) is 6.10 Å². The molecule has 0 unspecified atom stereocenters.